The third-order valence-electron chi connectivity index (χ3n) is 2.10. The SMILES string of the molecule is Cn1cnnc1Sc1cc(Br)ccc1C(=N)N. The summed E-state index contributed by atoms with van der Waals surface area (Å²) >= 11 is 4.83. The van der Waals surface area contributed by atoms with E-state index in [1.807, 2.05) is 29.8 Å². The molecule has 1 aromatic heterocycles. The summed E-state index contributed by atoms with van der Waals surface area (Å²) in [6.45, 7) is 0. The smallest absolute Gasteiger partial charge is 0.195 e. The van der Waals surface area contributed by atoms with Crippen LogP contribution in [0.25, 0.3) is 0 Å². The maximum Gasteiger partial charge on any atom is 0.195 e. The minimum absolute atomic E-state index is 0.0437. The molecule has 0 aliphatic carbocycles. The molecule has 17 heavy (non-hydrogen) atoms. The lowest BCUT2D eigenvalue weighted by Gasteiger charge is -2.07. The molecule has 0 saturated heterocycles. The molecule has 88 valence electrons. The molecule has 7 heteroatoms. The summed E-state index contributed by atoms with van der Waals surface area (Å²) in [4.78, 5) is 0.878. The number of amidine groups is 1. The highest BCUT2D eigenvalue weighted by molar-refractivity contribution is 9.10. The van der Waals surface area contributed by atoms with Gasteiger partial charge in [0, 0.05) is 22.0 Å². The van der Waals surface area contributed by atoms with Gasteiger partial charge >= 0.3 is 0 Å². The number of benzene rings is 1. The fraction of sp³-hybridized carbons (Fsp3) is 0.100. The van der Waals surface area contributed by atoms with Crippen molar-refractivity contribution in [2.45, 2.75) is 10.1 Å². The third kappa shape index (κ3) is 2.67. The molecule has 0 bridgehead atoms. The summed E-state index contributed by atoms with van der Waals surface area (Å²) in [6, 6.07) is 5.58. The van der Waals surface area contributed by atoms with E-state index in [2.05, 4.69) is 26.1 Å². The Morgan fingerprint density at radius 2 is 2.29 bits per heavy atom. The molecule has 0 radical (unpaired) electrons. The van der Waals surface area contributed by atoms with Crippen LogP contribution in [0.2, 0.25) is 0 Å². The van der Waals surface area contributed by atoms with Crippen molar-refractivity contribution in [3.8, 4) is 0 Å². The number of nitrogen functional groups attached to an aromatic ring is 1. The average molecular weight is 312 g/mol. The Balaban J connectivity index is 2.41. The first-order valence-electron chi connectivity index (χ1n) is 4.73. The molecule has 0 saturated carbocycles. The molecule has 2 aromatic rings. The average Bonchev–Trinajstić information content (AvgIpc) is 2.64. The van der Waals surface area contributed by atoms with Gasteiger partial charge in [-0.3, -0.25) is 5.41 Å². The van der Waals surface area contributed by atoms with Gasteiger partial charge in [0.25, 0.3) is 0 Å². The van der Waals surface area contributed by atoms with Crippen molar-refractivity contribution in [1.82, 2.24) is 14.8 Å². The standard InChI is InChI=1S/C10H10BrN5S/c1-16-5-14-15-10(16)17-8-4-6(11)2-3-7(8)9(12)13/h2-5H,1H3,(H3,12,13). The molecular weight excluding hydrogens is 302 g/mol. The van der Waals surface area contributed by atoms with Crippen molar-refractivity contribution in [3.05, 3.63) is 34.6 Å². The quantitative estimate of drug-likeness (QED) is 0.671. The van der Waals surface area contributed by atoms with Crippen molar-refractivity contribution < 1.29 is 0 Å². The van der Waals surface area contributed by atoms with Crippen molar-refractivity contribution in [1.29, 1.82) is 5.41 Å². The molecule has 0 aliphatic heterocycles. The van der Waals surface area contributed by atoms with E-state index in [1.54, 1.807) is 6.33 Å². The molecule has 1 aromatic carbocycles. The summed E-state index contributed by atoms with van der Waals surface area (Å²) in [7, 11) is 1.87. The Kier molecular flexibility index (Phi) is 3.49. The van der Waals surface area contributed by atoms with Crippen LogP contribution in [0.15, 0.2) is 39.1 Å². The van der Waals surface area contributed by atoms with E-state index >= 15 is 0 Å². The maximum atomic E-state index is 7.54. The van der Waals surface area contributed by atoms with Gasteiger partial charge in [0.05, 0.1) is 0 Å². The minimum atomic E-state index is 0.0437. The largest absolute Gasteiger partial charge is 0.384 e. The summed E-state index contributed by atoms with van der Waals surface area (Å²) in [6.07, 6.45) is 1.63. The number of rotatable bonds is 3. The van der Waals surface area contributed by atoms with Crippen molar-refractivity contribution in [2.24, 2.45) is 12.8 Å². The highest BCUT2D eigenvalue weighted by atomic mass is 79.9. The van der Waals surface area contributed by atoms with Crippen LogP contribution in [-0.2, 0) is 7.05 Å². The topological polar surface area (TPSA) is 80.6 Å². The van der Waals surface area contributed by atoms with Gasteiger partial charge in [-0.25, -0.2) is 0 Å². The highest BCUT2D eigenvalue weighted by Gasteiger charge is 2.10. The Bertz CT molecular complexity index is 566. The van der Waals surface area contributed by atoms with Gasteiger partial charge in [0.2, 0.25) is 0 Å². The molecule has 0 spiro atoms. The molecule has 5 nitrogen and oxygen atoms in total. The van der Waals surface area contributed by atoms with Gasteiger partial charge in [-0.15, -0.1) is 10.2 Å². The third-order valence-corrected chi connectivity index (χ3v) is 3.71. The summed E-state index contributed by atoms with van der Waals surface area (Å²) in [5.41, 5.74) is 6.24. The second-order valence-corrected chi connectivity index (χ2v) is 5.31. The number of nitrogens with zero attached hydrogens (tertiary/aromatic N) is 3. The van der Waals surface area contributed by atoms with Crippen LogP contribution < -0.4 is 5.73 Å². The van der Waals surface area contributed by atoms with Gasteiger partial charge in [0.1, 0.15) is 12.2 Å². The number of aromatic nitrogens is 3. The first-order valence-corrected chi connectivity index (χ1v) is 6.34. The molecule has 2 rings (SSSR count). The molecule has 3 N–H and O–H groups in total. The first kappa shape index (κ1) is 12.1. The van der Waals surface area contributed by atoms with E-state index in [-0.39, 0.29) is 5.84 Å². The Morgan fingerprint density at radius 3 is 2.88 bits per heavy atom. The molecule has 0 amide bonds. The van der Waals surface area contributed by atoms with E-state index in [0.717, 1.165) is 14.5 Å². The van der Waals surface area contributed by atoms with Crippen LogP contribution >= 0.6 is 27.7 Å². The van der Waals surface area contributed by atoms with Crippen LogP contribution in [0.5, 0.6) is 0 Å². The van der Waals surface area contributed by atoms with Gasteiger partial charge in [0.15, 0.2) is 5.16 Å². The molecule has 0 unspecified atom stereocenters. The minimum Gasteiger partial charge on any atom is -0.384 e. The highest BCUT2D eigenvalue weighted by Crippen LogP contribution is 2.30. The maximum absolute atomic E-state index is 7.54. The number of hydrogen-bond donors (Lipinski definition) is 2. The Hall–Kier alpha value is -1.34. The Morgan fingerprint density at radius 1 is 1.53 bits per heavy atom. The zero-order chi connectivity index (χ0) is 12.4. The van der Waals surface area contributed by atoms with Crippen LogP contribution in [0.4, 0.5) is 0 Å². The normalized spacial score (nSPS) is 10.5. The predicted molar refractivity (Wildman–Crippen MR) is 70.3 cm³/mol. The van der Waals surface area contributed by atoms with Crippen molar-refractivity contribution >= 4 is 33.5 Å². The van der Waals surface area contributed by atoms with Gasteiger partial charge in [-0.2, -0.15) is 0 Å². The molecule has 1 heterocycles. The number of nitrogens with two attached hydrogens (primary N) is 1. The lowest BCUT2D eigenvalue weighted by Crippen LogP contribution is -2.12. The van der Waals surface area contributed by atoms with Crippen molar-refractivity contribution in [2.75, 3.05) is 0 Å². The summed E-state index contributed by atoms with van der Waals surface area (Å²) in [5.74, 6) is 0.0437. The molecular formula is C10H10BrN5S. The second-order valence-electron chi connectivity index (χ2n) is 3.38. The predicted octanol–water partition coefficient (Wildman–Crippen LogP) is 2.01. The van der Waals surface area contributed by atoms with Crippen molar-refractivity contribution in [3.63, 3.8) is 0 Å². The molecule has 0 aliphatic rings. The fourth-order valence-electron chi connectivity index (χ4n) is 1.27. The van der Waals surface area contributed by atoms with Gasteiger partial charge in [-0.05, 0) is 30.0 Å². The van der Waals surface area contributed by atoms with E-state index in [4.69, 9.17) is 11.1 Å². The fourth-order valence-corrected chi connectivity index (χ4v) is 2.73. The zero-order valence-corrected chi connectivity index (χ0v) is 11.4. The Labute approximate surface area is 111 Å². The number of halogens is 1. The number of nitrogens with one attached hydrogen (secondary N) is 1. The summed E-state index contributed by atoms with van der Waals surface area (Å²) < 4.78 is 2.75. The summed E-state index contributed by atoms with van der Waals surface area (Å²) in [5, 5.41) is 16.1. The lowest BCUT2D eigenvalue weighted by atomic mass is 10.2. The first-order chi connectivity index (χ1) is 8.08. The number of aryl methyl sites for hydroxylation is 1. The monoisotopic (exact) mass is 311 g/mol. The van der Waals surface area contributed by atoms with Gasteiger partial charge in [-0.1, -0.05) is 15.9 Å². The van der Waals surface area contributed by atoms with E-state index in [9.17, 15) is 0 Å². The molecule has 0 atom stereocenters. The van der Waals surface area contributed by atoms with Crippen LogP contribution in [0.3, 0.4) is 0 Å². The number of hydrogen-bond acceptors (Lipinski definition) is 4. The van der Waals surface area contributed by atoms with E-state index < -0.39 is 0 Å². The van der Waals surface area contributed by atoms with E-state index in [0.29, 0.717) is 5.56 Å². The van der Waals surface area contributed by atoms with Crippen LogP contribution in [0.1, 0.15) is 5.56 Å². The van der Waals surface area contributed by atoms with Crippen LogP contribution in [0, 0.1) is 5.41 Å². The lowest BCUT2D eigenvalue weighted by molar-refractivity contribution is 0.788. The molecule has 0 fully saturated rings. The van der Waals surface area contributed by atoms with Gasteiger partial charge < -0.3 is 10.3 Å². The zero-order valence-electron chi connectivity index (χ0n) is 9.01. The van der Waals surface area contributed by atoms with Crippen LogP contribution in [-0.4, -0.2) is 20.6 Å². The second kappa shape index (κ2) is 4.89. The van der Waals surface area contributed by atoms with E-state index in [1.165, 1.54) is 11.8 Å².